The van der Waals surface area contributed by atoms with Gasteiger partial charge in [-0.25, -0.2) is 8.42 Å². The van der Waals surface area contributed by atoms with Crippen LogP contribution in [0.15, 0.2) is 0 Å². The van der Waals surface area contributed by atoms with Crippen molar-refractivity contribution in [3.63, 3.8) is 0 Å². The SMILES string of the molecule is CC(C)N(CCO)C(=O)CSC1CCS(=O)(=O)C1. The van der Waals surface area contributed by atoms with E-state index in [2.05, 4.69) is 0 Å². The average Bonchev–Trinajstić information content (AvgIpc) is 2.62. The van der Waals surface area contributed by atoms with Crippen molar-refractivity contribution in [2.45, 2.75) is 31.6 Å². The number of rotatable bonds is 6. The average molecular weight is 295 g/mol. The highest BCUT2D eigenvalue weighted by atomic mass is 32.2. The molecule has 0 aromatic carbocycles. The normalized spacial score (nSPS) is 22.3. The number of hydrogen-bond acceptors (Lipinski definition) is 5. The molecule has 0 aliphatic carbocycles. The summed E-state index contributed by atoms with van der Waals surface area (Å²) in [5.74, 6) is 0.683. The van der Waals surface area contributed by atoms with E-state index in [9.17, 15) is 13.2 Å². The van der Waals surface area contributed by atoms with Crippen molar-refractivity contribution in [3.8, 4) is 0 Å². The van der Waals surface area contributed by atoms with Crippen LogP contribution in [0.3, 0.4) is 0 Å². The van der Waals surface area contributed by atoms with Gasteiger partial charge in [-0.15, -0.1) is 11.8 Å². The number of thioether (sulfide) groups is 1. The highest BCUT2D eigenvalue weighted by Crippen LogP contribution is 2.24. The Morgan fingerprint density at radius 2 is 2.17 bits per heavy atom. The number of carbonyl (C=O) groups excluding carboxylic acids is 1. The molecule has 18 heavy (non-hydrogen) atoms. The van der Waals surface area contributed by atoms with Gasteiger partial charge in [-0.1, -0.05) is 0 Å². The summed E-state index contributed by atoms with van der Waals surface area (Å²) in [5.41, 5.74) is 0. The van der Waals surface area contributed by atoms with Crippen molar-refractivity contribution in [3.05, 3.63) is 0 Å². The van der Waals surface area contributed by atoms with Gasteiger partial charge in [0.15, 0.2) is 9.84 Å². The van der Waals surface area contributed by atoms with Gasteiger partial charge in [0, 0.05) is 17.8 Å². The standard InChI is InChI=1S/C11H21NO4S2/c1-9(2)12(4-5-13)11(14)7-17-10-3-6-18(15,16)8-10/h9-10,13H,3-8H2,1-2H3. The molecule has 1 fully saturated rings. The van der Waals surface area contributed by atoms with Gasteiger partial charge < -0.3 is 10.0 Å². The lowest BCUT2D eigenvalue weighted by molar-refractivity contribution is -0.130. The minimum absolute atomic E-state index is 0.0339. The molecule has 1 aliphatic heterocycles. The molecule has 1 atom stereocenters. The van der Waals surface area contributed by atoms with Crippen molar-refractivity contribution >= 4 is 27.5 Å². The Hall–Kier alpha value is -0.270. The fourth-order valence-electron chi connectivity index (χ4n) is 1.94. The maximum Gasteiger partial charge on any atom is 0.232 e. The third-order valence-corrected chi connectivity index (χ3v) is 6.18. The van der Waals surface area contributed by atoms with E-state index in [4.69, 9.17) is 5.11 Å². The van der Waals surface area contributed by atoms with Gasteiger partial charge in [0.25, 0.3) is 0 Å². The van der Waals surface area contributed by atoms with Gasteiger partial charge >= 0.3 is 0 Å². The molecule has 1 saturated heterocycles. The molecule has 1 aliphatic rings. The van der Waals surface area contributed by atoms with Crippen molar-refractivity contribution in [1.82, 2.24) is 4.90 Å². The molecule has 5 nitrogen and oxygen atoms in total. The van der Waals surface area contributed by atoms with Crippen LogP contribution in [0, 0.1) is 0 Å². The summed E-state index contributed by atoms with van der Waals surface area (Å²) in [6, 6.07) is 0.0533. The minimum atomic E-state index is -2.88. The smallest absolute Gasteiger partial charge is 0.232 e. The Morgan fingerprint density at radius 1 is 1.50 bits per heavy atom. The summed E-state index contributed by atoms with van der Waals surface area (Å²) in [5, 5.41) is 8.95. The van der Waals surface area contributed by atoms with E-state index in [0.717, 1.165) is 0 Å². The molecule has 1 unspecified atom stereocenters. The number of amides is 1. The lowest BCUT2D eigenvalue weighted by Crippen LogP contribution is -2.40. The van der Waals surface area contributed by atoms with Crippen LogP contribution < -0.4 is 0 Å². The molecule has 0 saturated carbocycles. The third kappa shape index (κ3) is 4.78. The van der Waals surface area contributed by atoms with E-state index >= 15 is 0 Å². The monoisotopic (exact) mass is 295 g/mol. The van der Waals surface area contributed by atoms with E-state index in [1.807, 2.05) is 13.8 Å². The summed E-state index contributed by atoms with van der Waals surface area (Å²) >= 11 is 1.41. The Morgan fingerprint density at radius 3 is 2.61 bits per heavy atom. The van der Waals surface area contributed by atoms with Crippen LogP contribution in [0.5, 0.6) is 0 Å². The first-order chi connectivity index (χ1) is 8.35. The topological polar surface area (TPSA) is 74.7 Å². The number of hydrogen-bond donors (Lipinski definition) is 1. The lowest BCUT2D eigenvalue weighted by Gasteiger charge is -2.26. The van der Waals surface area contributed by atoms with E-state index in [1.54, 1.807) is 4.90 Å². The number of nitrogens with zero attached hydrogens (tertiary/aromatic N) is 1. The predicted octanol–water partition coefficient (Wildman–Crippen LogP) is 0.136. The second kappa shape index (κ2) is 6.77. The first kappa shape index (κ1) is 15.8. The summed E-state index contributed by atoms with van der Waals surface area (Å²) in [6.07, 6.45) is 0.641. The van der Waals surface area contributed by atoms with Crippen molar-refractivity contribution in [2.24, 2.45) is 0 Å². The van der Waals surface area contributed by atoms with Crippen LogP contribution in [0.4, 0.5) is 0 Å². The fraction of sp³-hybridized carbons (Fsp3) is 0.909. The van der Waals surface area contributed by atoms with Gasteiger partial charge in [0.1, 0.15) is 0 Å². The van der Waals surface area contributed by atoms with Gasteiger partial charge in [-0.3, -0.25) is 4.79 Å². The molecule has 0 aromatic rings. The summed E-state index contributed by atoms with van der Waals surface area (Å²) in [6.45, 7) is 4.09. The van der Waals surface area contributed by atoms with Crippen molar-refractivity contribution < 1.29 is 18.3 Å². The molecule has 1 heterocycles. The van der Waals surface area contributed by atoms with Crippen molar-refractivity contribution in [2.75, 3.05) is 30.4 Å². The molecule has 0 bridgehead atoms. The number of aliphatic hydroxyl groups is 1. The van der Waals surface area contributed by atoms with Gasteiger partial charge in [-0.05, 0) is 20.3 Å². The Labute approximate surface area is 113 Å². The largest absolute Gasteiger partial charge is 0.395 e. The van der Waals surface area contributed by atoms with E-state index in [0.29, 0.717) is 18.7 Å². The Bertz CT molecular complexity index is 381. The second-order valence-corrected chi connectivity index (χ2v) is 8.26. The van der Waals surface area contributed by atoms with Crippen LogP contribution in [0.2, 0.25) is 0 Å². The Balaban J connectivity index is 2.40. The van der Waals surface area contributed by atoms with Gasteiger partial charge in [0.2, 0.25) is 5.91 Å². The van der Waals surface area contributed by atoms with Crippen LogP contribution >= 0.6 is 11.8 Å². The number of sulfone groups is 1. The number of aliphatic hydroxyl groups excluding tert-OH is 1. The highest BCUT2D eigenvalue weighted by Gasteiger charge is 2.29. The summed E-state index contributed by atoms with van der Waals surface area (Å²) in [7, 11) is -2.88. The molecule has 1 amide bonds. The molecule has 1 rings (SSSR count). The number of carbonyl (C=O) groups is 1. The van der Waals surface area contributed by atoms with Crippen LogP contribution in [0.1, 0.15) is 20.3 Å². The van der Waals surface area contributed by atoms with Crippen LogP contribution in [-0.2, 0) is 14.6 Å². The summed E-state index contributed by atoms with van der Waals surface area (Å²) < 4.78 is 22.6. The van der Waals surface area contributed by atoms with Crippen LogP contribution in [-0.4, -0.2) is 66.0 Å². The molecule has 106 valence electrons. The zero-order chi connectivity index (χ0) is 13.8. The maximum atomic E-state index is 11.9. The lowest BCUT2D eigenvalue weighted by atomic mass is 10.3. The van der Waals surface area contributed by atoms with Gasteiger partial charge in [-0.2, -0.15) is 0 Å². The van der Waals surface area contributed by atoms with E-state index < -0.39 is 9.84 Å². The maximum absolute atomic E-state index is 11.9. The highest BCUT2D eigenvalue weighted by molar-refractivity contribution is 8.02. The molecule has 0 aromatic heterocycles. The molecule has 7 heteroatoms. The molecular weight excluding hydrogens is 274 g/mol. The zero-order valence-electron chi connectivity index (χ0n) is 10.8. The first-order valence-electron chi connectivity index (χ1n) is 6.08. The molecule has 1 N–H and O–H groups in total. The molecule has 0 spiro atoms. The van der Waals surface area contributed by atoms with Gasteiger partial charge in [0.05, 0.1) is 23.9 Å². The zero-order valence-corrected chi connectivity index (χ0v) is 12.5. The quantitative estimate of drug-likeness (QED) is 0.754. The first-order valence-corrected chi connectivity index (χ1v) is 8.95. The van der Waals surface area contributed by atoms with Crippen LogP contribution in [0.25, 0.3) is 0 Å². The summed E-state index contributed by atoms with van der Waals surface area (Å²) in [4.78, 5) is 13.6. The minimum Gasteiger partial charge on any atom is -0.395 e. The van der Waals surface area contributed by atoms with Crippen molar-refractivity contribution in [1.29, 1.82) is 0 Å². The van der Waals surface area contributed by atoms with E-state index in [-0.39, 0.29) is 35.3 Å². The predicted molar refractivity (Wildman–Crippen MR) is 73.5 cm³/mol. The fourth-order valence-corrected chi connectivity index (χ4v) is 5.47. The third-order valence-electron chi connectivity index (χ3n) is 2.92. The molecule has 0 radical (unpaired) electrons. The Kier molecular flexibility index (Phi) is 5.94. The van der Waals surface area contributed by atoms with E-state index in [1.165, 1.54) is 11.8 Å². The molecular formula is C11H21NO4S2. The second-order valence-electron chi connectivity index (χ2n) is 4.74.